The fraction of sp³-hybridized carbons (Fsp3) is 0.500. The summed E-state index contributed by atoms with van der Waals surface area (Å²) in [4.78, 5) is 13.0. The molecule has 17 heavy (non-hydrogen) atoms. The van der Waals surface area contributed by atoms with E-state index in [-0.39, 0.29) is 12.5 Å². The van der Waals surface area contributed by atoms with Crippen LogP contribution in [-0.4, -0.2) is 24.2 Å². The molecule has 0 aliphatic carbocycles. The van der Waals surface area contributed by atoms with Gasteiger partial charge in [-0.15, -0.1) is 0 Å². The van der Waals surface area contributed by atoms with E-state index in [9.17, 15) is 4.79 Å². The molecule has 0 saturated heterocycles. The van der Waals surface area contributed by atoms with Gasteiger partial charge in [-0.05, 0) is 49.4 Å². The maximum atomic E-state index is 10.8. The van der Waals surface area contributed by atoms with Crippen LogP contribution >= 0.6 is 0 Å². The highest BCUT2D eigenvalue weighted by molar-refractivity contribution is 5.70. The van der Waals surface area contributed by atoms with Crippen molar-refractivity contribution in [3.63, 3.8) is 0 Å². The van der Waals surface area contributed by atoms with Crippen molar-refractivity contribution in [1.29, 1.82) is 0 Å². The third-order valence-corrected chi connectivity index (χ3v) is 3.66. The largest absolute Gasteiger partial charge is 0.481 e. The number of aryl methyl sites for hydroxylation is 2. The standard InChI is InChI=1S/C14H19NO2/c1-9-6-10(2)12-5-4-11(8-14(16)17)15(3)13(12)7-9/h6-7,11H,4-5,8H2,1-3H3,(H,16,17). The third kappa shape index (κ3) is 2.28. The lowest BCUT2D eigenvalue weighted by Crippen LogP contribution is -2.38. The summed E-state index contributed by atoms with van der Waals surface area (Å²) in [5.74, 6) is -0.713. The maximum absolute atomic E-state index is 10.8. The summed E-state index contributed by atoms with van der Waals surface area (Å²) in [6.07, 6.45) is 2.15. The van der Waals surface area contributed by atoms with Gasteiger partial charge in [0.25, 0.3) is 0 Å². The molecule has 1 aliphatic heterocycles. The Balaban J connectivity index is 2.34. The molecule has 0 spiro atoms. The molecule has 0 fully saturated rings. The lowest BCUT2D eigenvalue weighted by atomic mass is 9.90. The zero-order chi connectivity index (χ0) is 12.6. The molecule has 0 aromatic heterocycles. The van der Waals surface area contributed by atoms with Crippen LogP contribution in [0, 0.1) is 13.8 Å². The van der Waals surface area contributed by atoms with E-state index in [0.717, 1.165) is 12.8 Å². The van der Waals surface area contributed by atoms with Crippen molar-refractivity contribution in [2.75, 3.05) is 11.9 Å². The van der Waals surface area contributed by atoms with Gasteiger partial charge >= 0.3 is 5.97 Å². The molecule has 2 rings (SSSR count). The zero-order valence-corrected chi connectivity index (χ0v) is 10.7. The van der Waals surface area contributed by atoms with E-state index in [1.54, 1.807) is 0 Å². The van der Waals surface area contributed by atoms with E-state index in [2.05, 4.69) is 30.9 Å². The van der Waals surface area contributed by atoms with Crippen molar-refractivity contribution >= 4 is 11.7 Å². The summed E-state index contributed by atoms with van der Waals surface area (Å²) in [5.41, 5.74) is 5.14. The molecule has 0 amide bonds. The molecule has 3 nitrogen and oxygen atoms in total. The van der Waals surface area contributed by atoms with Crippen LogP contribution in [0.3, 0.4) is 0 Å². The highest BCUT2D eigenvalue weighted by Crippen LogP contribution is 2.33. The Kier molecular flexibility index (Phi) is 3.09. The number of carboxylic acid groups (broad SMARTS) is 1. The van der Waals surface area contributed by atoms with E-state index >= 15 is 0 Å². The molecule has 0 bridgehead atoms. The molecule has 1 unspecified atom stereocenters. The number of benzene rings is 1. The van der Waals surface area contributed by atoms with Gasteiger partial charge in [-0.2, -0.15) is 0 Å². The van der Waals surface area contributed by atoms with E-state index in [0.29, 0.717) is 0 Å². The van der Waals surface area contributed by atoms with Crippen LogP contribution in [-0.2, 0) is 11.2 Å². The normalized spacial score (nSPS) is 19.0. The number of rotatable bonds is 2. The second-order valence-corrected chi connectivity index (χ2v) is 4.98. The van der Waals surface area contributed by atoms with Gasteiger partial charge in [-0.25, -0.2) is 0 Å². The van der Waals surface area contributed by atoms with Crippen LogP contribution < -0.4 is 4.90 Å². The Labute approximate surface area is 102 Å². The van der Waals surface area contributed by atoms with E-state index in [1.807, 2.05) is 7.05 Å². The first-order chi connectivity index (χ1) is 7.99. The van der Waals surface area contributed by atoms with Crippen molar-refractivity contribution in [2.24, 2.45) is 0 Å². The minimum absolute atomic E-state index is 0.126. The number of hydrogen-bond donors (Lipinski definition) is 1. The second kappa shape index (κ2) is 4.40. The molecule has 0 radical (unpaired) electrons. The predicted molar refractivity (Wildman–Crippen MR) is 68.7 cm³/mol. The summed E-state index contributed by atoms with van der Waals surface area (Å²) in [5, 5.41) is 8.91. The van der Waals surface area contributed by atoms with Crippen LogP contribution in [0.2, 0.25) is 0 Å². The summed E-state index contributed by atoms with van der Waals surface area (Å²) >= 11 is 0. The quantitative estimate of drug-likeness (QED) is 0.853. The molecular weight excluding hydrogens is 214 g/mol. The van der Waals surface area contributed by atoms with E-state index in [1.165, 1.54) is 22.4 Å². The fourth-order valence-electron chi connectivity index (χ4n) is 2.76. The Morgan fingerprint density at radius 1 is 1.47 bits per heavy atom. The summed E-state index contributed by atoms with van der Waals surface area (Å²) in [6.45, 7) is 4.22. The number of carboxylic acids is 1. The summed E-state index contributed by atoms with van der Waals surface area (Å²) in [7, 11) is 2.00. The number of hydrogen-bond acceptors (Lipinski definition) is 2. The predicted octanol–water partition coefficient (Wildman–Crippen LogP) is 2.53. The van der Waals surface area contributed by atoms with Crippen LogP contribution in [0.15, 0.2) is 12.1 Å². The number of anilines is 1. The number of aliphatic carboxylic acids is 1. The monoisotopic (exact) mass is 233 g/mol. The first-order valence-corrected chi connectivity index (χ1v) is 6.04. The SMILES string of the molecule is Cc1cc(C)c2c(c1)N(C)C(CC(=O)O)CC2. The third-order valence-electron chi connectivity index (χ3n) is 3.66. The molecule has 0 saturated carbocycles. The lowest BCUT2D eigenvalue weighted by molar-refractivity contribution is -0.137. The molecule has 3 heteroatoms. The Morgan fingerprint density at radius 2 is 2.18 bits per heavy atom. The minimum Gasteiger partial charge on any atom is -0.481 e. The smallest absolute Gasteiger partial charge is 0.305 e. The number of fused-ring (bicyclic) bond motifs is 1. The van der Waals surface area contributed by atoms with Gasteiger partial charge in [0.2, 0.25) is 0 Å². The van der Waals surface area contributed by atoms with Crippen molar-refractivity contribution in [1.82, 2.24) is 0 Å². The van der Waals surface area contributed by atoms with Gasteiger partial charge in [0.05, 0.1) is 6.42 Å². The van der Waals surface area contributed by atoms with Gasteiger partial charge in [0.1, 0.15) is 0 Å². The maximum Gasteiger partial charge on any atom is 0.305 e. The molecule has 1 atom stereocenters. The van der Waals surface area contributed by atoms with Crippen LogP contribution in [0.25, 0.3) is 0 Å². The highest BCUT2D eigenvalue weighted by Gasteiger charge is 2.26. The van der Waals surface area contributed by atoms with Crippen molar-refractivity contribution in [3.05, 3.63) is 28.8 Å². The van der Waals surface area contributed by atoms with Gasteiger partial charge in [0, 0.05) is 18.8 Å². The van der Waals surface area contributed by atoms with Gasteiger partial charge in [-0.1, -0.05) is 6.07 Å². The first-order valence-electron chi connectivity index (χ1n) is 6.04. The van der Waals surface area contributed by atoms with Gasteiger partial charge in [-0.3, -0.25) is 4.79 Å². The van der Waals surface area contributed by atoms with E-state index in [4.69, 9.17) is 5.11 Å². The Hall–Kier alpha value is -1.51. The van der Waals surface area contributed by atoms with Crippen LogP contribution in [0.4, 0.5) is 5.69 Å². The van der Waals surface area contributed by atoms with Crippen molar-refractivity contribution < 1.29 is 9.90 Å². The van der Waals surface area contributed by atoms with E-state index < -0.39 is 5.97 Å². The number of carbonyl (C=O) groups is 1. The van der Waals surface area contributed by atoms with Crippen molar-refractivity contribution in [3.8, 4) is 0 Å². The molecule has 1 aliphatic rings. The summed E-state index contributed by atoms with van der Waals surface area (Å²) in [6, 6.07) is 4.49. The lowest BCUT2D eigenvalue weighted by Gasteiger charge is -2.36. The highest BCUT2D eigenvalue weighted by atomic mass is 16.4. The first kappa shape index (κ1) is 12.0. The average Bonchev–Trinajstić information content (AvgIpc) is 2.22. The van der Waals surface area contributed by atoms with Gasteiger partial charge in [0.15, 0.2) is 0 Å². The molecule has 1 N–H and O–H groups in total. The Morgan fingerprint density at radius 3 is 2.82 bits per heavy atom. The molecule has 92 valence electrons. The average molecular weight is 233 g/mol. The van der Waals surface area contributed by atoms with Gasteiger partial charge < -0.3 is 10.0 Å². The van der Waals surface area contributed by atoms with Crippen LogP contribution in [0.1, 0.15) is 29.5 Å². The molecular formula is C14H19NO2. The topological polar surface area (TPSA) is 40.5 Å². The minimum atomic E-state index is -0.713. The zero-order valence-electron chi connectivity index (χ0n) is 10.7. The fourth-order valence-corrected chi connectivity index (χ4v) is 2.76. The van der Waals surface area contributed by atoms with Crippen molar-refractivity contribution in [2.45, 2.75) is 39.2 Å². The second-order valence-electron chi connectivity index (χ2n) is 4.98. The van der Waals surface area contributed by atoms with Crippen LogP contribution in [0.5, 0.6) is 0 Å². The number of nitrogens with zero attached hydrogens (tertiary/aromatic N) is 1. The summed E-state index contributed by atoms with van der Waals surface area (Å²) < 4.78 is 0. The molecule has 1 heterocycles. The molecule has 1 aromatic rings. The molecule has 1 aromatic carbocycles. The Bertz CT molecular complexity index is 454.